The molecular weight excluding hydrogens is 200 g/mol. The van der Waals surface area contributed by atoms with Crippen LogP contribution < -0.4 is 0 Å². The maximum Gasteiger partial charge on any atom is 0.333 e. The fourth-order valence-electron chi connectivity index (χ4n) is 3.54. The van der Waals surface area contributed by atoms with Crippen LogP contribution in [0.1, 0.15) is 45.4 Å². The molecule has 2 aliphatic rings. The van der Waals surface area contributed by atoms with Crippen molar-refractivity contribution in [1.82, 2.24) is 0 Å². The van der Waals surface area contributed by atoms with Gasteiger partial charge >= 0.3 is 5.97 Å². The first-order valence-corrected chi connectivity index (χ1v) is 6.49. The van der Waals surface area contributed by atoms with Crippen molar-refractivity contribution < 1.29 is 9.53 Å². The number of fused-ring (bicyclic) bond motifs is 1. The van der Waals surface area contributed by atoms with E-state index in [1.807, 2.05) is 6.92 Å². The molecule has 0 radical (unpaired) electrons. The first-order chi connectivity index (χ1) is 7.72. The number of carbonyl (C=O) groups is 1. The second kappa shape index (κ2) is 5.03. The zero-order valence-electron chi connectivity index (χ0n) is 10.4. The second-order valence-corrected chi connectivity index (χ2v) is 5.29. The summed E-state index contributed by atoms with van der Waals surface area (Å²) in [5, 5.41) is 0. The first kappa shape index (κ1) is 11.7. The van der Waals surface area contributed by atoms with Gasteiger partial charge in [0, 0.05) is 5.57 Å². The van der Waals surface area contributed by atoms with Gasteiger partial charge in [0.15, 0.2) is 0 Å². The number of ether oxygens (including phenoxy) is 1. The Kier molecular flexibility index (Phi) is 3.67. The van der Waals surface area contributed by atoms with E-state index in [4.69, 9.17) is 4.74 Å². The van der Waals surface area contributed by atoms with Gasteiger partial charge < -0.3 is 4.74 Å². The van der Waals surface area contributed by atoms with Crippen LogP contribution in [0, 0.1) is 17.8 Å². The van der Waals surface area contributed by atoms with Gasteiger partial charge in [-0.2, -0.15) is 0 Å². The van der Waals surface area contributed by atoms with Crippen molar-refractivity contribution in [3.05, 3.63) is 11.6 Å². The molecule has 2 nitrogen and oxygen atoms in total. The second-order valence-electron chi connectivity index (χ2n) is 5.29. The van der Waals surface area contributed by atoms with Crippen LogP contribution in [0.15, 0.2) is 11.6 Å². The number of esters is 1. The van der Waals surface area contributed by atoms with Crippen LogP contribution in [0.2, 0.25) is 0 Å². The molecule has 2 heteroatoms. The summed E-state index contributed by atoms with van der Waals surface area (Å²) < 4.78 is 4.75. The van der Waals surface area contributed by atoms with E-state index in [0.29, 0.717) is 5.92 Å². The molecule has 0 amide bonds. The predicted molar refractivity (Wildman–Crippen MR) is 63.9 cm³/mol. The lowest BCUT2D eigenvalue weighted by molar-refractivity contribution is -0.136. The molecule has 3 atom stereocenters. The van der Waals surface area contributed by atoms with Gasteiger partial charge in [0.2, 0.25) is 0 Å². The molecule has 0 aromatic heterocycles. The Morgan fingerprint density at radius 2 is 1.94 bits per heavy atom. The van der Waals surface area contributed by atoms with E-state index in [2.05, 4.69) is 6.08 Å². The molecule has 0 heterocycles. The Balaban J connectivity index is 2.02. The maximum atomic E-state index is 11.4. The molecule has 3 unspecified atom stereocenters. The maximum absolute atomic E-state index is 11.4. The number of hydrogen-bond donors (Lipinski definition) is 0. The summed E-state index contributed by atoms with van der Waals surface area (Å²) in [7, 11) is 1.46. The van der Waals surface area contributed by atoms with Crippen molar-refractivity contribution in [2.45, 2.75) is 45.4 Å². The van der Waals surface area contributed by atoms with E-state index >= 15 is 0 Å². The van der Waals surface area contributed by atoms with Crippen molar-refractivity contribution in [1.29, 1.82) is 0 Å². The van der Waals surface area contributed by atoms with Gasteiger partial charge in [0.25, 0.3) is 0 Å². The van der Waals surface area contributed by atoms with Gasteiger partial charge in [-0.1, -0.05) is 25.3 Å². The molecule has 0 aromatic rings. The lowest BCUT2D eigenvalue weighted by Crippen LogP contribution is -2.18. The van der Waals surface area contributed by atoms with E-state index in [0.717, 1.165) is 17.4 Å². The predicted octanol–water partition coefficient (Wildman–Crippen LogP) is 3.32. The first-order valence-electron chi connectivity index (χ1n) is 6.49. The molecule has 2 rings (SSSR count). The minimum Gasteiger partial charge on any atom is -0.466 e. The van der Waals surface area contributed by atoms with E-state index in [-0.39, 0.29) is 5.97 Å². The van der Waals surface area contributed by atoms with Crippen LogP contribution in [0.25, 0.3) is 0 Å². The summed E-state index contributed by atoms with van der Waals surface area (Å²) in [4.78, 5) is 11.4. The monoisotopic (exact) mass is 222 g/mol. The molecule has 2 saturated carbocycles. The Bertz CT molecular complexity index is 293. The number of rotatable bonds is 2. The number of allylic oxidation sites excluding steroid dienone is 1. The van der Waals surface area contributed by atoms with Crippen LogP contribution >= 0.6 is 0 Å². The smallest absolute Gasteiger partial charge is 0.333 e. The zero-order valence-corrected chi connectivity index (χ0v) is 10.4. The summed E-state index contributed by atoms with van der Waals surface area (Å²) in [6, 6.07) is 0. The Morgan fingerprint density at radius 3 is 2.69 bits per heavy atom. The van der Waals surface area contributed by atoms with E-state index in [1.54, 1.807) is 0 Å². The Labute approximate surface area is 98.1 Å². The third kappa shape index (κ3) is 2.31. The molecule has 0 spiro atoms. The van der Waals surface area contributed by atoms with Crippen molar-refractivity contribution in [2.75, 3.05) is 7.11 Å². The molecule has 0 bridgehead atoms. The van der Waals surface area contributed by atoms with Crippen LogP contribution in [0.5, 0.6) is 0 Å². The van der Waals surface area contributed by atoms with Crippen LogP contribution in [-0.4, -0.2) is 13.1 Å². The lowest BCUT2D eigenvalue weighted by Gasteiger charge is -2.28. The molecule has 0 N–H and O–H groups in total. The highest BCUT2D eigenvalue weighted by Crippen LogP contribution is 2.46. The van der Waals surface area contributed by atoms with Crippen molar-refractivity contribution in [3.63, 3.8) is 0 Å². The van der Waals surface area contributed by atoms with Gasteiger partial charge in [0.1, 0.15) is 0 Å². The minimum absolute atomic E-state index is 0.167. The van der Waals surface area contributed by atoms with Gasteiger partial charge in [0.05, 0.1) is 7.11 Å². The highest BCUT2D eigenvalue weighted by atomic mass is 16.5. The highest BCUT2D eigenvalue weighted by molar-refractivity contribution is 5.87. The summed E-state index contributed by atoms with van der Waals surface area (Å²) in [5.41, 5.74) is 0.790. The van der Waals surface area contributed by atoms with Gasteiger partial charge in [-0.3, -0.25) is 0 Å². The number of hydrogen-bond acceptors (Lipinski definition) is 2. The molecule has 0 aliphatic heterocycles. The molecular formula is C14H22O2. The van der Waals surface area contributed by atoms with Crippen LogP contribution in [0.3, 0.4) is 0 Å². The van der Waals surface area contributed by atoms with Crippen LogP contribution in [-0.2, 0) is 9.53 Å². The quantitative estimate of drug-likeness (QED) is 0.529. The van der Waals surface area contributed by atoms with E-state index < -0.39 is 0 Å². The van der Waals surface area contributed by atoms with Crippen molar-refractivity contribution in [2.24, 2.45) is 17.8 Å². The third-order valence-electron chi connectivity index (χ3n) is 4.36. The molecule has 2 fully saturated rings. The topological polar surface area (TPSA) is 26.3 Å². The van der Waals surface area contributed by atoms with Crippen LogP contribution in [0.4, 0.5) is 0 Å². The largest absolute Gasteiger partial charge is 0.466 e. The molecule has 0 aromatic carbocycles. The number of carbonyl (C=O) groups excluding carboxylic acids is 1. The zero-order chi connectivity index (χ0) is 11.5. The SMILES string of the molecule is COC(=O)C(C)=CC1CCC2CCCCC12. The summed E-state index contributed by atoms with van der Waals surface area (Å²) in [6.07, 6.45) is 10.4. The Morgan fingerprint density at radius 1 is 1.19 bits per heavy atom. The standard InChI is InChI=1S/C14H22O2/c1-10(14(15)16-2)9-12-8-7-11-5-3-4-6-13(11)12/h9,11-13H,3-8H2,1-2H3. The lowest BCUT2D eigenvalue weighted by atomic mass is 9.78. The Hall–Kier alpha value is -0.790. The molecule has 16 heavy (non-hydrogen) atoms. The van der Waals surface area contributed by atoms with Crippen molar-refractivity contribution >= 4 is 5.97 Å². The molecule has 90 valence electrons. The average molecular weight is 222 g/mol. The summed E-state index contributed by atoms with van der Waals surface area (Å²) >= 11 is 0. The fraction of sp³-hybridized carbons (Fsp3) is 0.786. The number of methoxy groups -OCH3 is 1. The van der Waals surface area contributed by atoms with Gasteiger partial charge in [-0.05, 0) is 43.9 Å². The summed E-state index contributed by atoms with van der Waals surface area (Å²) in [5.74, 6) is 2.23. The third-order valence-corrected chi connectivity index (χ3v) is 4.36. The van der Waals surface area contributed by atoms with Gasteiger partial charge in [-0.25, -0.2) is 4.79 Å². The van der Waals surface area contributed by atoms with E-state index in [1.165, 1.54) is 45.6 Å². The normalized spacial score (nSPS) is 34.6. The fourth-order valence-corrected chi connectivity index (χ4v) is 3.54. The minimum atomic E-state index is -0.167. The highest BCUT2D eigenvalue weighted by Gasteiger charge is 2.36. The van der Waals surface area contributed by atoms with E-state index in [9.17, 15) is 4.79 Å². The van der Waals surface area contributed by atoms with Gasteiger partial charge in [-0.15, -0.1) is 0 Å². The summed E-state index contributed by atoms with van der Waals surface area (Å²) in [6.45, 7) is 1.88. The van der Waals surface area contributed by atoms with Crippen molar-refractivity contribution in [3.8, 4) is 0 Å². The molecule has 0 saturated heterocycles. The average Bonchev–Trinajstić information content (AvgIpc) is 2.72. The molecule has 2 aliphatic carbocycles.